The van der Waals surface area contributed by atoms with Crippen molar-refractivity contribution in [3.63, 3.8) is 0 Å². The summed E-state index contributed by atoms with van der Waals surface area (Å²) < 4.78 is 0. The number of nitrogens with one attached hydrogen (secondary N) is 1. The average Bonchev–Trinajstić information content (AvgIpc) is 1.98. The standard InChI is InChI=1S/C8H12N2O2/c1-4-6(7(9)11)10-8(12)5(2)3/h4H,2H2,1,3H3,(H2,9,11)(H,10,12). The van der Waals surface area contributed by atoms with Gasteiger partial charge in [-0.15, -0.1) is 0 Å². The van der Waals surface area contributed by atoms with E-state index >= 15 is 0 Å². The van der Waals surface area contributed by atoms with Crippen molar-refractivity contribution in [1.82, 2.24) is 5.32 Å². The summed E-state index contributed by atoms with van der Waals surface area (Å²) >= 11 is 0. The Morgan fingerprint density at radius 3 is 2.25 bits per heavy atom. The quantitative estimate of drug-likeness (QED) is 0.585. The molecule has 0 aromatic heterocycles. The fourth-order valence-electron chi connectivity index (χ4n) is 0.505. The zero-order valence-electron chi connectivity index (χ0n) is 7.18. The lowest BCUT2D eigenvalue weighted by molar-refractivity contribution is -0.120. The Hall–Kier alpha value is -1.58. The number of hydrogen-bond acceptors (Lipinski definition) is 2. The van der Waals surface area contributed by atoms with Gasteiger partial charge in [0.2, 0.25) is 0 Å². The van der Waals surface area contributed by atoms with Crippen LogP contribution in [0.15, 0.2) is 23.9 Å². The lowest BCUT2D eigenvalue weighted by Crippen LogP contribution is -2.31. The Morgan fingerprint density at radius 1 is 1.50 bits per heavy atom. The molecule has 3 N–H and O–H groups in total. The molecule has 0 saturated carbocycles. The van der Waals surface area contributed by atoms with Gasteiger partial charge in [0.05, 0.1) is 0 Å². The van der Waals surface area contributed by atoms with Crippen molar-refractivity contribution in [2.75, 3.05) is 0 Å². The SMILES string of the molecule is C=C(C)C(=O)NC(=CC)C(N)=O. The molecule has 0 aromatic rings. The van der Waals surface area contributed by atoms with Gasteiger partial charge < -0.3 is 11.1 Å². The monoisotopic (exact) mass is 168 g/mol. The molecule has 0 bridgehead atoms. The van der Waals surface area contributed by atoms with Crippen molar-refractivity contribution in [3.05, 3.63) is 23.9 Å². The predicted octanol–water partition coefficient (Wildman–Crippen LogP) is 0.0678. The van der Waals surface area contributed by atoms with Gasteiger partial charge in [-0.2, -0.15) is 0 Å². The van der Waals surface area contributed by atoms with Crippen molar-refractivity contribution >= 4 is 11.8 Å². The summed E-state index contributed by atoms with van der Waals surface area (Å²) in [7, 11) is 0. The van der Waals surface area contributed by atoms with E-state index < -0.39 is 11.8 Å². The summed E-state index contributed by atoms with van der Waals surface area (Å²) in [5.74, 6) is -1.06. The third-order valence-corrected chi connectivity index (χ3v) is 1.19. The van der Waals surface area contributed by atoms with Crippen LogP contribution in [0.25, 0.3) is 0 Å². The highest BCUT2D eigenvalue weighted by molar-refractivity contribution is 6.01. The molecule has 4 nitrogen and oxygen atoms in total. The first-order chi connectivity index (χ1) is 5.49. The van der Waals surface area contributed by atoms with Crippen LogP contribution in [0.3, 0.4) is 0 Å². The number of hydrogen-bond donors (Lipinski definition) is 2. The van der Waals surface area contributed by atoms with Crippen molar-refractivity contribution < 1.29 is 9.59 Å². The van der Waals surface area contributed by atoms with Gasteiger partial charge in [-0.05, 0) is 13.8 Å². The fraction of sp³-hybridized carbons (Fsp3) is 0.250. The molecular weight excluding hydrogens is 156 g/mol. The number of nitrogens with two attached hydrogens (primary N) is 1. The van der Waals surface area contributed by atoms with E-state index in [1.165, 1.54) is 6.08 Å². The predicted molar refractivity (Wildman–Crippen MR) is 45.9 cm³/mol. The minimum Gasteiger partial charge on any atom is -0.364 e. The molecule has 0 fully saturated rings. The van der Waals surface area contributed by atoms with E-state index in [4.69, 9.17) is 5.73 Å². The number of primary amides is 1. The van der Waals surface area contributed by atoms with Crippen LogP contribution in [0.5, 0.6) is 0 Å². The van der Waals surface area contributed by atoms with Crippen LogP contribution >= 0.6 is 0 Å². The van der Waals surface area contributed by atoms with Crippen molar-refractivity contribution in [1.29, 1.82) is 0 Å². The van der Waals surface area contributed by atoms with Crippen molar-refractivity contribution in [2.24, 2.45) is 5.73 Å². The second-order valence-electron chi connectivity index (χ2n) is 2.30. The Balaban J connectivity index is 4.34. The number of allylic oxidation sites excluding steroid dienone is 1. The maximum atomic E-state index is 11.0. The number of carbonyl (C=O) groups is 2. The first-order valence-corrected chi connectivity index (χ1v) is 3.42. The molecule has 0 rings (SSSR count). The first-order valence-electron chi connectivity index (χ1n) is 3.42. The second-order valence-corrected chi connectivity index (χ2v) is 2.30. The molecule has 0 aliphatic carbocycles. The fourth-order valence-corrected chi connectivity index (χ4v) is 0.505. The zero-order valence-corrected chi connectivity index (χ0v) is 7.18. The molecule has 0 spiro atoms. The van der Waals surface area contributed by atoms with E-state index in [9.17, 15) is 9.59 Å². The van der Waals surface area contributed by atoms with Crippen LogP contribution in [0.1, 0.15) is 13.8 Å². The van der Waals surface area contributed by atoms with Gasteiger partial charge in [0.1, 0.15) is 5.70 Å². The van der Waals surface area contributed by atoms with Gasteiger partial charge in [0.25, 0.3) is 11.8 Å². The lowest BCUT2D eigenvalue weighted by Gasteiger charge is -2.04. The summed E-state index contributed by atoms with van der Waals surface area (Å²) in [5, 5.41) is 2.31. The number of rotatable bonds is 3. The highest BCUT2D eigenvalue weighted by Crippen LogP contribution is 1.91. The van der Waals surface area contributed by atoms with Gasteiger partial charge in [-0.25, -0.2) is 0 Å². The molecule has 2 amide bonds. The van der Waals surface area contributed by atoms with Crippen LogP contribution in [-0.4, -0.2) is 11.8 Å². The van der Waals surface area contributed by atoms with E-state index in [0.29, 0.717) is 5.57 Å². The van der Waals surface area contributed by atoms with E-state index in [1.54, 1.807) is 13.8 Å². The molecule has 0 aliphatic heterocycles. The van der Waals surface area contributed by atoms with Crippen molar-refractivity contribution in [2.45, 2.75) is 13.8 Å². The van der Waals surface area contributed by atoms with Gasteiger partial charge in [-0.3, -0.25) is 9.59 Å². The largest absolute Gasteiger partial charge is 0.364 e. The van der Waals surface area contributed by atoms with E-state index in [-0.39, 0.29) is 5.70 Å². The molecular formula is C8H12N2O2. The molecule has 0 radical (unpaired) electrons. The highest BCUT2D eigenvalue weighted by atomic mass is 16.2. The minimum atomic E-state index is -0.660. The summed E-state index contributed by atoms with van der Waals surface area (Å²) in [6, 6.07) is 0. The van der Waals surface area contributed by atoms with Crippen LogP contribution in [0.2, 0.25) is 0 Å². The average molecular weight is 168 g/mol. The minimum absolute atomic E-state index is 0.0861. The maximum absolute atomic E-state index is 11.0. The second kappa shape index (κ2) is 4.33. The molecule has 0 heterocycles. The van der Waals surface area contributed by atoms with Gasteiger partial charge >= 0.3 is 0 Å². The normalized spacial score (nSPS) is 10.7. The molecule has 0 saturated heterocycles. The Kier molecular flexibility index (Phi) is 3.76. The molecule has 12 heavy (non-hydrogen) atoms. The van der Waals surface area contributed by atoms with Gasteiger partial charge in [-0.1, -0.05) is 12.7 Å². The summed E-state index contributed by atoms with van der Waals surface area (Å²) in [6.45, 7) is 6.57. The third kappa shape index (κ3) is 3.01. The van der Waals surface area contributed by atoms with E-state index in [2.05, 4.69) is 11.9 Å². The van der Waals surface area contributed by atoms with Gasteiger partial charge in [0.15, 0.2) is 0 Å². The Labute approximate surface area is 71.1 Å². The molecule has 0 unspecified atom stereocenters. The zero-order chi connectivity index (χ0) is 9.72. The molecule has 0 aromatic carbocycles. The highest BCUT2D eigenvalue weighted by Gasteiger charge is 2.07. The summed E-state index contributed by atoms with van der Waals surface area (Å²) in [4.78, 5) is 21.6. The number of carbonyl (C=O) groups excluding carboxylic acids is 2. The van der Waals surface area contributed by atoms with E-state index in [0.717, 1.165) is 0 Å². The lowest BCUT2D eigenvalue weighted by atomic mass is 10.3. The third-order valence-electron chi connectivity index (χ3n) is 1.19. The van der Waals surface area contributed by atoms with Gasteiger partial charge in [0, 0.05) is 5.57 Å². The molecule has 0 atom stereocenters. The van der Waals surface area contributed by atoms with E-state index in [1.807, 2.05) is 0 Å². The van der Waals surface area contributed by atoms with Crippen LogP contribution in [0, 0.1) is 0 Å². The maximum Gasteiger partial charge on any atom is 0.264 e. The Morgan fingerprint density at radius 2 is 2.00 bits per heavy atom. The van der Waals surface area contributed by atoms with Crippen molar-refractivity contribution in [3.8, 4) is 0 Å². The van der Waals surface area contributed by atoms with Crippen LogP contribution in [0.4, 0.5) is 0 Å². The summed E-state index contributed by atoms with van der Waals surface area (Å²) in [5.41, 5.74) is 5.36. The number of amides is 2. The molecule has 66 valence electrons. The van der Waals surface area contributed by atoms with Crippen LogP contribution in [-0.2, 0) is 9.59 Å². The van der Waals surface area contributed by atoms with Crippen LogP contribution < -0.4 is 11.1 Å². The summed E-state index contributed by atoms with van der Waals surface area (Å²) in [6.07, 6.45) is 1.43. The molecule has 4 heteroatoms. The topological polar surface area (TPSA) is 72.2 Å². The first kappa shape index (κ1) is 10.4. The Bertz CT molecular complexity index is 254. The molecule has 0 aliphatic rings. The smallest absolute Gasteiger partial charge is 0.264 e.